The summed E-state index contributed by atoms with van der Waals surface area (Å²) in [6.45, 7) is 7.32. The van der Waals surface area contributed by atoms with Gasteiger partial charge >= 0.3 is 30.2 Å². The summed E-state index contributed by atoms with van der Waals surface area (Å²) in [5, 5.41) is 5.17. The molecule has 6 aromatic rings. The van der Waals surface area contributed by atoms with Crippen LogP contribution in [-0.2, 0) is 23.3 Å². The summed E-state index contributed by atoms with van der Waals surface area (Å²) in [5.41, 5.74) is 7.12. The van der Waals surface area contributed by atoms with Gasteiger partial charge in [0.25, 0.3) is 0 Å². The molecule has 6 rings (SSSR count). The van der Waals surface area contributed by atoms with Gasteiger partial charge in [0.1, 0.15) is 0 Å². The summed E-state index contributed by atoms with van der Waals surface area (Å²) in [6.07, 6.45) is 3.67. The third-order valence-electron chi connectivity index (χ3n) is 5.67. The van der Waals surface area contributed by atoms with Crippen molar-refractivity contribution in [3.63, 3.8) is 0 Å². The molecule has 0 amide bonds. The first-order valence-electron chi connectivity index (χ1n) is 11.1. The summed E-state index contributed by atoms with van der Waals surface area (Å²) >= 11 is 1.36. The van der Waals surface area contributed by atoms with E-state index in [0.717, 1.165) is 11.4 Å². The molecule has 0 saturated heterocycles. The first-order valence-corrected chi connectivity index (χ1v) is 15.3. The SMILES string of the molecule is Cc1cc2c(-c3ccccn3)cccc2[cH-]1.Cc1cc2c(-c3ccccn3)cccc2[cH-]1.Cl.Cl.[CH3-].[CH3-].[Si]=[Zr]. The van der Waals surface area contributed by atoms with E-state index in [9.17, 15) is 0 Å². The molecule has 196 valence electrons. The van der Waals surface area contributed by atoms with Gasteiger partial charge in [-0.25, -0.2) is 0 Å². The molecule has 0 unspecified atom stereocenters. The predicted octanol–water partition coefficient (Wildman–Crippen LogP) is 9.22. The van der Waals surface area contributed by atoms with Crippen molar-refractivity contribution in [3.05, 3.63) is 135 Å². The van der Waals surface area contributed by atoms with Gasteiger partial charge in [0, 0.05) is 12.4 Å². The Morgan fingerprint density at radius 1 is 0.579 bits per heavy atom. The molecule has 2 nitrogen and oxygen atoms in total. The van der Waals surface area contributed by atoms with Crippen LogP contribution in [-0.4, -0.2) is 16.8 Å². The number of hydrogen-bond donors (Lipinski definition) is 0. The molecule has 0 bridgehead atoms. The molecular formula is C32H32Cl2N2SiZr-4. The fourth-order valence-corrected chi connectivity index (χ4v) is 4.26. The van der Waals surface area contributed by atoms with Crippen LogP contribution in [0.4, 0.5) is 0 Å². The molecule has 0 fully saturated rings. The van der Waals surface area contributed by atoms with E-state index in [1.54, 1.807) is 0 Å². The Balaban J connectivity index is 0.000000616. The van der Waals surface area contributed by atoms with Crippen LogP contribution in [0.5, 0.6) is 0 Å². The molecule has 0 spiro atoms. The van der Waals surface area contributed by atoms with Crippen molar-refractivity contribution in [2.75, 3.05) is 0 Å². The monoisotopic (exact) mass is 632 g/mol. The van der Waals surface area contributed by atoms with Crippen molar-refractivity contribution in [2.45, 2.75) is 13.8 Å². The van der Waals surface area contributed by atoms with Crippen LogP contribution in [0.3, 0.4) is 0 Å². The molecule has 0 saturated carbocycles. The van der Waals surface area contributed by atoms with Crippen LogP contribution in [0, 0.1) is 28.7 Å². The molecule has 6 heteroatoms. The minimum absolute atomic E-state index is 0. The van der Waals surface area contributed by atoms with Crippen LogP contribution < -0.4 is 0 Å². The van der Waals surface area contributed by atoms with Crippen LogP contribution in [0.25, 0.3) is 44.1 Å². The van der Waals surface area contributed by atoms with Crippen molar-refractivity contribution in [2.24, 2.45) is 0 Å². The number of halogens is 2. The Labute approximate surface area is 256 Å². The molecule has 2 radical (unpaired) electrons. The fourth-order valence-electron chi connectivity index (χ4n) is 4.26. The predicted molar refractivity (Wildman–Crippen MR) is 168 cm³/mol. The average molecular weight is 635 g/mol. The van der Waals surface area contributed by atoms with E-state index in [2.05, 4.69) is 103 Å². The van der Waals surface area contributed by atoms with Crippen LogP contribution in [0.2, 0.25) is 0 Å². The molecule has 0 aliphatic carbocycles. The Kier molecular flexibility index (Phi) is 16.2. The minimum atomic E-state index is 0. The van der Waals surface area contributed by atoms with E-state index in [1.165, 1.54) is 67.1 Å². The van der Waals surface area contributed by atoms with Crippen LogP contribution in [0.15, 0.2) is 109 Å². The van der Waals surface area contributed by atoms with Crippen LogP contribution >= 0.6 is 24.8 Å². The molecule has 2 aromatic heterocycles. The van der Waals surface area contributed by atoms with Gasteiger partial charge in [0.2, 0.25) is 0 Å². The van der Waals surface area contributed by atoms with Crippen LogP contribution in [0.1, 0.15) is 11.1 Å². The van der Waals surface area contributed by atoms with Gasteiger partial charge in [0.15, 0.2) is 0 Å². The van der Waals surface area contributed by atoms with Gasteiger partial charge in [0.05, 0.1) is 11.4 Å². The van der Waals surface area contributed by atoms with Gasteiger partial charge in [-0.05, 0) is 35.4 Å². The number of nitrogens with zero attached hydrogens (tertiary/aromatic N) is 2. The van der Waals surface area contributed by atoms with Gasteiger partial charge in [-0.2, -0.15) is 12.1 Å². The van der Waals surface area contributed by atoms with E-state index < -0.39 is 0 Å². The molecule has 0 atom stereocenters. The summed E-state index contributed by atoms with van der Waals surface area (Å²) in [7, 11) is 0. The number of aryl methyl sites for hydroxylation is 2. The number of aromatic nitrogens is 2. The van der Waals surface area contributed by atoms with Crippen molar-refractivity contribution < 1.29 is 23.3 Å². The van der Waals surface area contributed by atoms with Gasteiger partial charge in [-0.15, -0.1) is 93.9 Å². The van der Waals surface area contributed by atoms with E-state index >= 15 is 0 Å². The van der Waals surface area contributed by atoms with Gasteiger partial charge < -0.3 is 14.9 Å². The third-order valence-corrected chi connectivity index (χ3v) is 5.67. The number of pyridine rings is 2. The zero-order valence-electron chi connectivity index (χ0n) is 22.1. The fraction of sp³-hybridized carbons (Fsp3) is 0.0625. The van der Waals surface area contributed by atoms with Gasteiger partial charge in [-0.1, -0.05) is 38.1 Å². The summed E-state index contributed by atoms with van der Waals surface area (Å²) in [6, 6.07) is 33.6. The number of fused-ring (bicyclic) bond motifs is 2. The Morgan fingerprint density at radius 3 is 1.32 bits per heavy atom. The van der Waals surface area contributed by atoms with Gasteiger partial charge in [-0.3, -0.25) is 9.97 Å². The average Bonchev–Trinajstić information content (AvgIpc) is 3.47. The van der Waals surface area contributed by atoms with E-state index in [4.69, 9.17) is 0 Å². The maximum atomic E-state index is 4.41. The maximum absolute atomic E-state index is 4.41. The topological polar surface area (TPSA) is 25.8 Å². The summed E-state index contributed by atoms with van der Waals surface area (Å²) in [4.78, 5) is 8.82. The molecule has 0 N–H and O–H groups in total. The molecule has 0 aliphatic heterocycles. The number of rotatable bonds is 2. The Hall–Kier alpha value is -2.36. The summed E-state index contributed by atoms with van der Waals surface area (Å²) < 4.78 is 0. The quantitative estimate of drug-likeness (QED) is 0.140. The number of hydrogen-bond acceptors (Lipinski definition) is 2. The molecule has 38 heavy (non-hydrogen) atoms. The zero-order valence-corrected chi connectivity index (χ0v) is 27.2. The Bertz CT molecular complexity index is 1400. The normalized spacial score (nSPS) is 9.18. The van der Waals surface area contributed by atoms with E-state index in [0.29, 0.717) is 0 Å². The number of benzene rings is 2. The first-order chi connectivity index (χ1) is 16.7. The summed E-state index contributed by atoms with van der Waals surface area (Å²) in [5.74, 6) is 0. The molecular weight excluding hydrogens is 603 g/mol. The Morgan fingerprint density at radius 2 is 0.974 bits per heavy atom. The second-order valence-corrected chi connectivity index (χ2v) is 8.11. The second-order valence-electron chi connectivity index (χ2n) is 8.11. The zero-order chi connectivity index (χ0) is 23.9. The van der Waals surface area contributed by atoms with Crippen molar-refractivity contribution in [3.8, 4) is 22.5 Å². The van der Waals surface area contributed by atoms with Crippen molar-refractivity contribution in [1.82, 2.24) is 9.97 Å². The van der Waals surface area contributed by atoms with E-state index in [1.807, 2.05) is 36.7 Å². The van der Waals surface area contributed by atoms with Crippen molar-refractivity contribution in [1.29, 1.82) is 0 Å². The first kappa shape index (κ1) is 35.6. The third kappa shape index (κ3) is 8.32. The molecule has 4 aromatic carbocycles. The van der Waals surface area contributed by atoms with Crippen molar-refractivity contribution >= 4 is 53.2 Å². The molecule has 2 heterocycles. The molecule has 0 aliphatic rings. The van der Waals surface area contributed by atoms with E-state index in [-0.39, 0.29) is 39.7 Å². The second kappa shape index (κ2) is 17.3. The standard InChI is InChI=1S/2C15H12N.2CH3.2ClH.Si.Zr/c2*1-11-9-12-5-4-6-13(14(12)10-11)15-7-2-3-8-16-15;;;;;;/h2*2-10H,1H3;2*1H3;2*1H;;/q4*-1;;;;.